The maximum atomic E-state index is 13.0. The zero-order valence-electron chi connectivity index (χ0n) is 16.0. The predicted octanol–water partition coefficient (Wildman–Crippen LogP) is 2.24. The van der Waals surface area contributed by atoms with E-state index in [-0.39, 0.29) is 24.2 Å². The number of alkyl halides is 3. The van der Waals surface area contributed by atoms with E-state index in [2.05, 4.69) is 15.4 Å². The summed E-state index contributed by atoms with van der Waals surface area (Å²) in [5.74, 6) is -0.523. The van der Waals surface area contributed by atoms with Gasteiger partial charge in [-0.2, -0.15) is 18.3 Å². The van der Waals surface area contributed by atoms with Crippen LogP contribution in [0.1, 0.15) is 12.0 Å². The average molecular weight is 408 g/mol. The highest BCUT2D eigenvalue weighted by Gasteiger charge is 2.31. The number of carbonyl (C=O) groups is 1. The smallest absolute Gasteiger partial charge is 0.376 e. The highest BCUT2D eigenvalue weighted by molar-refractivity contribution is 5.94. The van der Waals surface area contributed by atoms with Crippen LogP contribution in [0.25, 0.3) is 11.0 Å². The van der Waals surface area contributed by atoms with E-state index in [0.29, 0.717) is 16.7 Å². The third-order valence-corrected chi connectivity index (χ3v) is 4.38. The van der Waals surface area contributed by atoms with E-state index in [1.54, 1.807) is 26.0 Å². The van der Waals surface area contributed by atoms with Gasteiger partial charge in [0.15, 0.2) is 5.65 Å². The van der Waals surface area contributed by atoms with Gasteiger partial charge in [-0.15, -0.1) is 0 Å². The number of anilines is 2. The van der Waals surface area contributed by atoms with Gasteiger partial charge < -0.3 is 10.2 Å². The van der Waals surface area contributed by atoms with Crippen LogP contribution in [0.2, 0.25) is 0 Å². The molecule has 3 rings (SSSR count). The summed E-state index contributed by atoms with van der Waals surface area (Å²) in [7, 11) is 4.98. The van der Waals surface area contributed by atoms with Crippen LogP contribution in [0, 0.1) is 0 Å². The van der Waals surface area contributed by atoms with E-state index >= 15 is 0 Å². The van der Waals surface area contributed by atoms with Crippen molar-refractivity contribution >= 4 is 28.3 Å². The summed E-state index contributed by atoms with van der Waals surface area (Å²) in [4.78, 5) is 30.5. The van der Waals surface area contributed by atoms with Crippen LogP contribution in [0.5, 0.6) is 0 Å². The molecule has 0 saturated carbocycles. The molecule has 0 atom stereocenters. The highest BCUT2D eigenvalue weighted by Crippen LogP contribution is 2.34. The van der Waals surface area contributed by atoms with E-state index in [9.17, 15) is 22.8 Å². The number of carbonyl (C=O) groups excluding carboxylic acids is 1. The fraction of sp³-hybridized carbons (Fsp3) is 0.333. The molecule has 0 radical (unpaired) electrons. The maximum Gasteiger partial charge on any atom is 0.416 e. The topological polar surface area (TPSA) is 85.1 Å². The van der Waals surface area contributed by atoms with Gasteiger partial charge in [0.1, 0.15) is 5.39 Å². The minimum atomic E-state index is -4.53. The summed E-state index contributed by atoms with van der Waals surface area (Å²) in [6.45, 7) is 0.0265. The van der Waals surface area contributed by atoms with Crippen LogP contribution < -0.4 is 15.8 Å². The van der Waals surface area contributed by atoms with Gasteiger partial charge in [-0.1, -0.05) is 0 Å². The Balaban J connectivity index is 1.77. The van der Waals surface area contributed by atoms with E-state index in [1.165, 1.54) is 27.8 Å². The average Bonchev–Trinajstić information content (AvgIpc) is 3.02. The lowest BCUT2D eigenvalue weighted by Crippen LogP contribution is -2.24. The molecule has 0 spiro atoms. The molecule has 2 heterocycles. The second-order valence-electron chi connectivity index (χ2n) is 6.67. The molecule has 0 fully saturated rings. The first-order chi connectivity index (χ1) is 13.6. The zero-order chi connectivity index (χ0) is 21.3. The third-order valence-electron chi connectivity index (χ3n) is 4.38. The van der Waals surface area contributed by atoms with Gasteiger partial charge in [0.05, 0.1) is 29.5 Å². The summed E-state index contributed by atoms with van der Waals surface area (Å²) in [5, 5.41) is 6.79. The lowest BCUT2D eigenvalue weighted by molar-refractivity contribution is -0.137. The van der Waals surface area contributed by atoms with Crippen LogP contribution >= 0.6 is 0 Å². The van der Waals surface area contributed by atoms with Crippen LogP contribution in [0.3, 0.4) is 0 Å². The number of amides is 1. The Morgan fingerprint density at radius 1 is 1.28 bits per heavy atom. The Morgan fingerprint density at radius 2 is 2.00 bits per heavy atom. The molecule has 29 heavy (non-hydrogen) atoms. The van der Waals surface area contributed by atoms with E-state index in [1.807, 2.05) is 0 Å². The van der Waals surface area contributed by atoms with Gasteiger partial charge in [0, 0.05) is 34.1 Å². The van der Waals surface area contributed by atoms with Crippen LogP contribution in [-0.4, -0.2) is 39.3 Å². The standard InChI is InChI=1S/C18H19F3N6O2/c1-25(2)14-5-4-11(18(19,20)21)8-13(14)24-15(28)6-7-27-10-22-16-12(17(27)29)9-23-26(16)3/h4-5,8-10H,6-7H2,1-3H3,(H,24,28). The molecular formula is C18H19F3N6O2. The molecule has 8 nitrogen and oxygen atoms in total. The van der Waals surface area contributed by atoms with Gasteiger partial charge in [-0.05, 0) is 18.2 Å². The molecular weight excluding hydrogens is 389 g/mol. The zero-order valence-corrected chi connectivity index (χ0v) is 16.0. The predicted molar refractivity (Wildman–Crippen MR) is 102 cm³/mol. The van der Waals surface area contributed by atoms with E-state index in [4.69, 9.17) is 0 Å². The summed E-state index contributed by atoms with van der Waals surface area (Å²) in [5.41, 5.74) is -0.301. The van der Waals surface area contributed by atoms with Crippen molar-refractivity contribution in [3.63, 3.8) is 0 Å². The van der Waals surface area contributed by atoms with Crippen molar-refractivity contribution in [3.8, 4) is 0 Å². The summed E-state index contributed by atoms with van der Waals surface area (Å²) in [6.07, 6.45) is -1.93. The number of nitrogens with one attached hydrogen (secondary N) is 1. The molecule has 0 saturated heterocycles. The van der Waals surface area contributed by atoms with Gasteiger partial charge in [0.2, 0.25) is 5.91 Å². The maximum absolute atomic E-state index is 13.0. The Bertz CT molecular complexity index is 1120. The molecule has 0 aliphatic heterocycles. The largest absolute Gasteiger partial charge is 0.416 e. The molecule has 0 aliphatic rings. The molecule has 0 unspecified atom stereocenters. The van der Waals surface area contributed by atoms with Crippen molar-refractivity contribution in [2.45, 2.75) is 19.1 Å². The molecule has 0 bridgehead atoms. The number of hydrogen-bond donors (Lipinski definition) is 1. The number of hydrogen-bond acceptors (Lipinski definition) is 5. The summed E-state index contributed by atoms with van der Waals surface area (Å²) in [6, 6.07) is 3.14. The van der Waals surface area contributed by atoms with Crippen molar-refractivity contribution in [2.75, 3.05) is 24.3 Å². The molecule has 2 aromatic heterocycles. The number of aromatic nitrogens is 4. The number of halogens is 3. The molecule has 11 heteroatoms. The Hall–Kier alpha value is -3.37. The monoisotopic (exact) mass is 408 g/mol. The minimum Gasteiger partial charge on any atom is -0.376 e. The van der Waals surface area contributed by atoms with Gasteiger partial charge in [-0.3, -0.25) is 18.8 Å². The second kappa shape index (κ2) is 7.57. The quantitative estimate of drug-likeness (QED) is 0.700. The Kier molecular flexibility index (Phi) is 5.31. The summed E-state index contributed by atoms with van der Waals surface area (Å²) < 4.78 is 41.7. The van der Waals surface area contributed by atoms with Gasteiger partial charge >= 0.3 is 6.18 Å². The van der Waals surface area contributed by atoms with Crippen LogP contribution in [0.15, 0.2) is 35.5 Å². The SMILES string of the molecule is CN(C)c1ccc(C(F)(F)F)cc1NC(=O)CCn1cnc2c(cnn2C)c1=O. The van der Waals surface area contributed by atoms with E-state index < -0.39 is 17.6 Å². The lowest BCUT2D eigenvalue weighted by Gasteiger charge is -2.20. The molecule has 154 valence electrons. The molecule has 1 N–H and O–H groups in total. The van der Waals surface area contributed by atoms with Crippen molar-refractivity contribution in [1.82, 2.24) is 19.3 Å². The van der Waals surface area contributed by atoms with Gasteiger partial charge in [-0.25, -0.2) is 4.98 Å². The first kappa shape index (κ1) is 20.4. The van der Waals surface area contributed by atoms with Gasteiger partial charge in [0.25, 0.3) is 5.56 Å². The molecule has 1 amide bonds. The molecule has 0 aliphatic carbocycles. The second-order valence-corrected chi connectivity index (χ2v) is 6.67. The number of fused-ring (bicyclic) bond motifs is 1. The Labute approximate surface area is 163 Å². The first-order valence-electron chi connectivity index (χ1n) is 8.63. The van der Waals surface area contributed by atoms with Crippen molar-refractivity contribution in [1.29, 1.82) is 0 Å². The third kappa shape index (κ3) is 4.23. The minimum absolute atomic E-state index is 0.0265. The number of nitrogens with zero attached hydrogens (tertiary/aromatic N) is 5. The molecule has 3 aromatic rings. The normalized spacial score (nSPS) is 11.7. The number of rotatable bonds is 5. The lowest BCUT2D eigenvalue weighted by atomic mass is 10.1. The highest BCUT2D eigenvalue weighted by atomic mass is 19.4. The van der Waals surface area contributed by atoms with Crippen molar-refractivity contribution < 1.29 is 18.0 Å². The Morgan fingerprint density at radius 3 is 2.66 bits per heavy atom. The van der Waals surface area contributed by atoms with Crippen LogP contribution in [-0.2, 0) is 24.6 Å². The first-order valence-corrected chi connectivity index (χ1v) is 8.63. The van der Waals surface area contributed by atoms with Crippen molar-refractivity contribution in [2.24, 2.45) is 7.05 Å². The number of benzene rings is 1. The van der Waals surface area contributed by atoms with Crippen molar-refractivity contribution in [3.05, 3.63) is 46.6 Å². The number of aryl methyl sites for hydroxylation is 2. The van der Waals surface area contributed by atoms with Crippen LogP contribution in [0.4, 0.5) is 24.5 Å². The summed E-state index contributed by atoms with van der Waals surface area (Å²) >= 11 is 0. The molecule has 1 aromatic carbocycles. The van der Waals surface area contributed by atoms with E-state index in [0.717, 1.165) is 12.1 Å². The fourth-order valence-corrected chi connectivity index (χ4v) is 2.86. The fourth-order valence-electron chi connectivity index (χ4n) is 2.86.